The van der Waals surface area contributed by atoms with E-state index in [1.54, 1.807) is 26.2 Å². The van der Waals surface area contributed by atoms with Gasteiger partial charge in [-0.2, -0.15) is 0 Å². The zero-order valence-electron chi connectivity index (χ0n) is 17.6. The number of nitrogen functional groups attached to an aromatic ring is 1. The molecule has 0 spiro atoms. The third kappa shape index (κ3) is 5.65. The lowest BCUT2D eigenvalue weighted by Gasteiger charge is -2.13. The first-order valence-electron chi connectivity index (χ1n) is 9.81. The van der Waals surface area contributed by atoms with Crippen LogP contribution in [0, 0.1) is 17.9 Å². The normalized spacial score (nSPS) is 14.7. The van der Waals surface area contributed by atoms with Crippen LogP contribution < -0.4 is 10.5 Å². The number of anilines is 1. The highest BCUT2D eigenvalue weighted by Gasteiger charge is 2.11. The molecule has 1 heterocycles. The predicted molar refractivity (Wildman–Crippen MR) is 122 cm³/mol. The fourth-order valence-electron chi connectivity index (χ4n) is 3.24. The Kier molecular flexibility index (Phi) is 6.93. The topological polar surface area (TPSA) is 72.6 Å². The van der Waals surface area contributed by atoms with E-state index < -0.39 is 0 Å². The highest BCUT2D eigenvalue weighted by Crippen LogP contribution is 2.26. The Morgan fingerprint density at radius 3 is 2.61 bits per heavy atom. The van der Waals surface area contributed by atoms with Crippen LogP contribution in [0.25, 0.3) is 10.9 Å². The molecule has 5 nitrogen and oxygen atoms in total. The van der Waals surface area contributed by atoms with E-state index in [4.69, 9.17) is 27.0 Å². The Hall–Kier alpha value is -4.22. The molecule has 1 aliphatic heterocycles. The summed E-state index contributed by atoms with van der Waals surface area (Å²) < 4.78 is 11.3. The summed E-state index contributed by atoms with van der Waals surface area (Å²) >= 11 is 0. The van der Waals surface area contributed by atoms with Crippen molar-refractivity contribution in [3.05, 3.63) is 112 Å². The van der Waals surface area contributed by atoms with Crippen LogP contribution in [0.5, 0.6) is 5.75 Å². The summed E-state index contributed by atoms with van der Waals surface area (Å²) in [6.07, 6.45) is 8.87. The summed E-state index contributed by atoms with van der Waals surface area (Å²) in [5.74, 6) is 2.02. The number of allylic oxidation sites excluding steroid dienone is 6. The second-order valence-corrected chi connectivity index (χ2v) is 7.08. The molecule has 0 fully saturated rings. The quantitative estimate of drug-likeness (QED) is 0.383. The molecule has 154 valence electrons. The van der Waals surface area contributed by atoms with Gasteiger partial charge in [-0.05, 0) is 78.5 Å². The lowest BCUT2D eigenvalue weighted by molar-refractivity contribution is 0.318. The van der Waals surface area contributed by atoms with E-state index in [1.165, 1.54) is 5.56 Å². The Morgan fingerprint density at radius 1 is 1.16 bits per heavy atom. The van der Waals surface area contributed by atoms with Gasteiger partial charge in [0.25, 0.3) is 5.70 Å². The number of nitrogens with two attached hydrogens (primary N) is 1. The smallest absolute Gasteiger partial charge is 0.269 e. The second kappa shape index (κ2) is 10.0. The van der Waals surface area contributed by atoms with E-state index in [9.17, 15) is 0 Å². The molecule has 3 rings (SSSR count). The molecule has 0 radical (unpaired) electrons. The first kappa shape index (κ1) is 21.5. The van der Waals surface area contributed by atoms with Crippen molar-refractivity contribution in [1.29, 1.82) is 5.26 Å². The van der Waals surface area contributed by atoms with Crippen LogP contribution in [0.2, 0.25) is 0 Å². The van der Waals surface area contributed by atoms with Gasteiger partial charge in [0.1, 0.15) is 17.3 Å². The van der Waals surface area contributed by atoms with Gasteiger partial charge in [0, 0.05) is 5.69 Å². The number of aryl methyl sites for hydroxylation is 2. The van der Waals surface area contributed by atoms with Gasteiger partial charge < -0.3 is 15.2 Å². The molecule has 31 heavy (non-hydrogen) atoms. The third-order valence-electron chi connectivity index (χ3n) is 4.84. The molecule has 0 aromatic heterocycles. The van der Waals surface area contributed by atoms with Crippen LogP contribution in [0.3, 0.4) is 0 Å². The SMILES string of the molecule is [C-]#[N+]/C(C#N)=C1\C=C(C)OC(/C=C/c2ccc(CCc3ccc(N)cc3)c(OC)c2)=C1. The predicted octanol–water partition coefficient (Wildman–Crippen LogP) is 5.59. The van der Waals surface area contributed by atoms with Gasteiger partial charge in [0.05, 0.1) is 19.8 Å². The van der Waals surface area contributed by atoms with E-state index in [2.05, 4.69) is 10.9 Å². The van der Waals surface area contributed by atoms with Crippen molar-refractivity contribution in [1.82, 2.24) is 0 Å². The fourth-order valence-corrected chi connectivity index (χ4v) is 3.24. The summed E-state index contributed by atoms with van der Waals surface area (Å²) in [7, 11) is 1.67. The molecule has 0 saturated heterocycles. The monoisotopic (exact) mass is 409 g/mol. The minimum absolute atomic E-state index is 0.0423. The highest BCUT2D eigenvalue weighted by molar-refractivity contribution is 5.58. The molecule has 2 N–H and O–H groups in total. The Bertz CT molecular complexity index is 1150. The summed E-state index contributed by atoms with van der Waals surface area (Å²) in [4.78, 5) is 3.27. The van der Waals surface area contributed by atoms with Crippen molar-refractivity contribution in [2.45, 2.75) is 19.8 Å². The first-order valence-corrected chi connectivity index (χ1v) is 9.81. The molecule has 1 aliphatic rings. The van der Waals surface area contributed by atoms with E-state index >= 15 is 0 Å². The molecule has 0 amide bonds. The van der Waals surface area contributed by atoms with Crippen LogP contribution in [0.15, 0.2) is 83.5 Å². The average molecular weight is 409 g/mol. The standard InChI is InChI=1S/C26H23N3O2/c1-18-14-22(25(17-27)29-2)16-24(31-18)13-8-20-5-10-21(26(15-20)30-3)9-4-19-6-11-23(28)12-7-19/h5-8,10-16H,4,9,28H2,1,3H3/b13-8+,25-22+. The van der Waals surface area contributed by atoms with Crippen molar-refractivity contribution in [3.8, 4) is 11.8 Å². The molecule has 5 heteroatoms. The summed E-state index contributed by atoms with van der Waals surface area (Å²) in [5.41, 5.74) is 10.4. The van der Waals surface area contributed by atoms with Crippen LogP contribution in [-0.4, -0.2) is 7.11 Å². The molecule has 0 saturated carbocycles. The van der Waals surface area contributed by atoms with E-state index in [1.807, 2.05) is 54.6 Å². The molecule has 0 atom stereocenters. The van der Waals surface area contributed by atoms with Crippen LogP contribution in [0.4, 0.5) is 5.69 Å². The summed E-state index contributed by atoms with van der Waals surface area (Å²) in [5, 5.41) is 9.11. The van der Waals surface area contributed by atoms with Crippen molar-refractivity contribution in [3.63, 3.8) is 0 Å². The first-order chi connectivity index (χ1) is 15.0. The largest absolute Gasteiger partial charge is 0.496 e. The molecule has 2 aromatic carbocycles. The molecule has 0 unspecified atom stereocenters. The fraction of sp³-hybridized carbons (Fsp3) is 0.154. The van der Waals surface area contributed by atoms with Gasteiger partial charge in [0.15, 0.2) is 0 Å². The zero-order chi connectivity index (χ0) is 22.2. The van der Waals surface area contributed by atoms with Gasteiger partial charge in [-0.15, -0.1) is 0 Å². The maximum atomic E-state index is 9.11. The average Bonchev–Trinajstić information content (AvgIpc) is 2.78. The number of nitrogens with zero attached hydrogens (tertiary/aromatic N) is 2. The lowest BCUT2D eigenvalue weighted by Crippen LogP contribution is -1.97. The Morgan fingerprint density at radius 2 is 1.94 bits per heavy atom. The highest BCUT2D eigenvalue weighted by atomic mass is 16.5. The maximum Gasteiger partial charge on any atom is 0.269 e. The van der Waals surface area contributed by atoms with Gasteiger partial charge in [-0.3, -0.25) is 0 Å². The van der Waals surface area contributed by atoms with Gasteiger partial charge >= 0.3 is 0 Å². The minimum atomic E-state index is 0.0423. The maximum absolute atomic E-state index is 9.11. The van der Waals surface area contributed by atoms with E-state index in [0.29, 0.717) is 17.1 Å². The summed E-state index contributed by atoms with van der Waals surface area (Å²) in [6.45, 7) is 8.93. The summed E-state index contributed by atoms with van der Waals surface area (Å²) in [6, 6.07) is 15.9. The van der Waals surface area contributed by atoms with E-state index in [0.717, 1.165) is 35.4 Å². The molecule has 2 aromatic rings. The molecule has 0 bridgehead atoms. The Balaban J connectivity index is 1.76. The number of hydrogen-bond acceptors (Lipinski definition) is 4. The lowest BCUT2D eigenvalue weighted by atomic mass is 10.0. The number of nitriles is 1. The minimum Gasteiger partial charge on any atom is -0.496 e. The van der Waals surface area contributed by atoms with E-state index in [-0.39, 0.29) is 5.70 Å². The third-order valence-corrected chi connectivity index (χ3v) is 4.84. The second-order valence-electron chi connectivity index (χ2n) is 7.08. The van der Waals surface area contributed by atoms with Gasteiger partial charge in [-0.25, -0.2) is 10.1 Å². The van der Waals surface area contributed by atoms with Crippen molar-refractivity contribution >= 4 is 11.8 Å². The number of methoxy groups -OCH3 is 1. The molecule has 0 aliphatic carbocycles. The van der Waals surface area contributed by atoms with Crippen molar-refractivity contribution in [2.75, 3.05) is 12.8 Å². The number of hydrogen-bond donors (Lipinski definition) is 1. The van der Waals surface area contributed by atoms with Gasteiger partial charge in [0.2, 0.25) is 0 Å². The molecular weight excluding hydrogens is 386 g/mol. The van der Waals surface area contributed by atoms with Crippen molar-refractivity contribution in [2.24, 2.45) is 0 Å². The van der Waals surface area contributed by atoms with Crippen LogP contribution >= 0.6 is 0 Å². The van der Waals surface area contributed by atoms with Crippen LogP contribution in [0.1, 0.15) is 23.6 Å². The number of ether oxygens (including phenoxy) is 2. The van der Waals surface area contributed by atoms with Crippen molar-refractivity contribution < 1.29 is 9.47 Å². The number of rotatable bonds is 6. The zero-order valence-corrected chi connectivity index (χ0v) is 17.6. The Labute approximate surface area is 182 Å². The van der Waals surface area contributed by atoms with Gasteiger partial charge in [-0.1, -0.05) is 30.3 Å². The number of benzene rings is 2. The molecular formula is C26H23N3O2. The van der Waals surface area contributed by atoms with Crippen LogP contribution in [-0.2, 0) is 17.6 Å².